The summed E-state index contributed by atoms with van der Waals surface area (Å²) in [7, 11) is 0. The summed E-state index contributed by atoms with van der Waals surface area (Å²) in [6.07, 6.45) is 1.63. The lowest BCUT2D eigenvalue weighted by atomic mass is 9.91. The number of aliphatic carboxylic acids is 1. The van der Waals surface area contributed by atoms with E-state index >= 15 is 0 Å². The molecule has 4 heteroatoms. The van der Waals surface area contributed by atoms with Gasteiger partial charge in [0.05, 0.1) is 6.61 Å². The zero-order chi connectivity index (χ0) is 13.6. The van der Waals surface area contributed by atoms with Crippen molar-refractivity contribution in [3.63, 3.8) is 0 Å². The molecule has 0 spiro atoms. The SMILES string of the molecule is C=CCNC(C)(C(=O)O)c1ccccc1OCC. The number of carboxylic acids is 1. The molecule has 0 heterocycles. The number of nitrogens with one attached hydrogen (secondary N) is 1. The summed E-state index contributed by atoms with van der Waals surface area (Å²) >= 11 is 0. The third-order valence-corrected chi connectivity index (χ3v) is 2.75. The van der Waals surface area contributed by atoms with Crippen LogP contribution in [0.5, 0.6) is 5.75 Å². The molecular formula is C14H19NO3. The lowest BCUT2D eigenvalue weighted by molar-refractivity contribution is -0.144. The second kappa shape index (κ2) is 6.21. The van der Waals surface area contributed by atoms with Crippen molar-refractivity contribution in [2.45, 2.75) is 19.4 Å². The van der Waals surface area contributed by atoms with Crippen LogP contribution in [0.15, 0.2) is 36.9 Å². The molecule has 0 radical (unpaired) electrons. The fourth-order valence-electron chi connectivity index (χ4n) is 1.72. The third-order valence-electron chi connectivity index (χ3n) is 2.75. The van der Waals surface area contributed by atoms with Gasteiger partial charge in [-0.2, -0.15) is 0 Å². The fourth-order valence-corrected chi connectivity index (χ4v) is 1.72. The van der Waals surface area contributed by atoms with Gasteiger partial charge in [0, 0.05) is 12.1 Å². The van der Waals surface area contributed by atoms with Crippen molar-refractivity contribution in [3.8, 4) is 5.75 Å². The first-order valence-corrected chi connectivity index (χ1v) is 5.88. The Morgan fingerprint density at radius 2 is 2.22 bits per heavy atom. The van der Waals surface area contributed by atoms with Gasteiger partial charge in [-0.15, -0.1) is 6.58 Å². The Morgan fingerprint density at radius 3 is 2.78 bits per heavy atom. The van der Waals surface area contributed by atoms with E-state index in [2.05, 4.69) is 11.9 Å². The molecule has 0 aliphatic heterocycles. The Bertz CT molecular complexity index is 431. The molecule has 0 aliphatic rings. The molecular weight excluding hydrogens is 230 g/mol. The molecule has 0 saturated heterocycles. The Labute approximate surface area is 107 Å². The van der Waals surface area contributed by atoms with Crippen molar-refractivity contribution in [2.24, 2.45) is 0 Å². The minimum atomic E-state index is -1.19. The van der Waals surface area contributed by atoms with Crippen molar-refractivity contribution >= 4 is 5.97 Å². The smallest absolute Gasteiger partial charge is 0.328 e. The number of para-hydroxylation sites is 1. The molecule has 0 bridgehead atoms. The highest BCUT2D eigenvalue weighted by atomic mass is 16.5. The van der Waals surface area contributed by atoms with E-state index in [9.17, 15) is 9.90 Å². The molecule has 0 fully saturated rings. The maximum Gasteiger partial charge on any atom is 0.328 e. The molecule has 2 N–H and O–H groups in total. The second-order valence-corrected chi connectivity index (χ2v) is 4.03. The van der Waals surface area contributed by atoms with E-state index in [4.69, 9.17) is 4.74 Å². The highest BCUT2D eigenvalue weighted by Crippen LogP contribution is 2.30. The normalized spacial score (nSPS) is 13.7. The highest BCUT2D eigenvalue weighted by molar-refractivity contribution is 5.81. The summed E-state index contributed by atoms with van der Waals surface area (Å²) in [5.41, 5.74) is -0.582. The van der Waals surface area contributed by atoms with Crippen LogP contribution in [0.25, 0.3) is 0 Å². The molecule has 1 rings (SSSR count). The molecule has 1 aromatic carbocycles. The summed E-state index contributed by atoms with van der Waals surface area (Å²) in [5.74, 6) is -0.363. The number of benzene rings is 1. The van der Waals surface area contributed by atoms with E-state index in [0.717, 1.165) is 0 Å². The summed E-state index contributed by atoms with van der Waals surface area (Å²) in [6.45, 7) is 7.98. The van der Waals surface area contributed by atoms with Crippen molar-refractivity contribution < 1.29 is 14.6 Å². The lowest BCUT2D eigenvalue weighted by Crippen LogP contribution is -2.47. The van der Waals surface area contributed by atoms with Crippen LogP contribution >= 0.6 is 0 Å². The number of carboxylic acid groups (broad SMARTS) is 1. The van der Waals surface area contributed by atoms with Crippen LogP contribution in [0.3, 0.4) is 0 Å². The van der Waals surface area contributed by atoms with Crippen LogP contribution < -0.4 is 10.1 Å². The van der Waals surface area contributed by atoms with Crippen molar-refractivity contribution in [2.75, 3.05) is 13.2 Å². The van der Waals surface area contributed by atoms with E-state index < -0.39 is 11.5 Å². The second-order valence-electron chi connectivity index (χ2n) is 4.03. The van der Waals surface area contributed by atoms with Crippen molar-refractivity contribution in [1.82, 2.24) is 5.32 Å². The van der Waals surface area contributed by atoms with E-state index in [0.29, 0.717) is 24.5 Å². The first kappa shape index (κ1) is 14.3. The monoisotopic (exact) mass is 249 g/mol. The first-order chi connectivity index (χ1) is 8.56. The van der Waals surface area contributed by atoms with Gasteiger partial charge in [-0.3, -0.25) is 5.32 Å². The van der Waals surface area contributed by atoms with E-state index in [1.807, 2.05) is 13.0 Å². The fraction of sp³-hybridized carbons (Fsp3) is 0.357. The van der Waals surface area contributed by atoms with Gasteiger partial charge in [-0.05, 0) is 19.9 Å². The van der Waals surface area contributed by atoms with Crippen LogP contribution in [0.1, 0.15) is 19.4 Å². The summed E-state index contributed by atoms with van der Waals surface area (Å²) < 4.78 is 5.48. The molecule has 4 nitrogen and oxygen atoms in total. The number of hydrogen-bond acceptors (Lipinski definition) is 3. The van der Waals surface area contributed by atoms with Gasteiger partial charge in [0.25, 0.3) is 0 Å². The van der Waals surface area contributed by atoms with Crippen LogP contribution in [-0.4, -0.2) is 24.2 Å². The summed E-state index contributed by atoms with van der Waals surface area (Å²) in [4.78, 5) is 11.5. The average Bonchev–Trinajstić information content (AvgIpc) is 2.36. The molecule has 98 valence electrons. The Hall–Kier alpha value is -1.81. The summed E-state index contributed by atoms with van der Waals surface area (Å²) in [5, 5.41) is 12.4. The van der Waals surface area contributed by atoms with Crippen molar-refractivity contribution in [3.05, 3.63) is 42.5 Å². The minimum Gasteiger partial charge on any atom is -0.494 e. The summed E-state index contributed by atoms with van der Waals surface area (Å²) in [6, 6.07) is 7.16. The molecule has 0 saturated carbocycles. The maximum atomic E-state index is 11.5. The van der Waals surface area contributed by atoms with Crippen LogP contribution in [-0.2, 0) is 10.3 Å². The van der Waals surface area contributed by atoms with Gasteiger partial charge in [0.1, 0.15) is 11.3 Å². The minimum absolute atomic E-state index is 0.406. The van der Waals surface area contributed by atoms with Crippen LogP contribution in [0, 0.1) is 0 Å². The lowest BCUT2D eigenvalue weighted by Gasteiger charge is -2.28. The average molecular weight is 249 g/mol. The number of carbonyl (C=O) groups is 1. The van der Waals surface area contributed by atoms with Crippen LogP contribution in [0.4, 0.5) is 0 Å². The number of hydrogen-bond donors (Lipinski definition) is 2. The Balaban J connectivity index is 3.20. The molecule has 1 unspecified atom stereocenters. The quantitative estimate of drug-likeness (QED) is 0.727. The molecule has 1 aromatic rings. The predicted molar refractivity (Wildman–Crippen MR) is 70.8 cm³/mol. The van der Waals surface area contributed by atoms with Gasteiger partial charge < -0.3 is 9.84 Å². The van der Waals surface area contributed by atoms with E-state index in [-0.39, 0.29) is 0 Å². The Morgan fingerprint density at radius 1 is 1.56 bits per heavy atom. The largest absolute Gasteiger partial charge is 0.494 e. The van der Waals surface area contributed by atoms with E-state index in [1.54, 1.807) is 31.2 Å². The molecule has 1 atom stereocenters. The first-order valence-electron chi connectivity index (χ1n) is 5.88. The van der Waals surface area contributed by atoms with Gasteiger partial charge in [-0.1, -0.05) is 24.3 Å². The van der Waals surface area contributed by atoms with Crippen molar-refractivity contribution in [1.29, 1.82) is 0 Å². The zero-order valence-electron chi connectivity index (χ0n) is 10.8. The Kier molecular flexibility index (Phi) is 4.92. The number of rotatable bonds is 7. The van der Waals surface area contributed by atoms with E-state index in [1.165, 1.54) is 0 Å². The standard InChI is InChI=1S/C14H19NO3/c1-4-10-15-14(3,13(16)17)11-8-6-7-9-12(11)18-5-2/h4,6-9,15H,1,5,10H2,2-3H3,(H,16,17). The molecule has 0 amide bonds. The van der Waals surface area contributed by atoms with Gasteiger partial charge in [0.15, 0.2) is 0 Å². The van der Waals surface area contributed by atoms with Crippen LogP contribution in [0.2, 0.25) is 0 Å². The van der Waals surface area contributed by atoms with Gasteiger partial charge in [-0.25, -0.2) is 4.79 Å². The highest BCUT2D eigenvalue weighted by Gasteiger charge is 2.36. The zero-order valence-corrected chi connectivity index (χ0v) is 10.8. The topological polar surface area (TPSA) is 58.6 Å². The molecule has 0 aromatic heterocycles. The van der Waals surface area contributed by atoms with Gasteiger partial charge in [0.2, 0.25) is 0 Å². The molecule has 0 aliphatic carbocycles. The molecule has 18 heavy (non-hydrogen) atoms. The van der Waals surface area contributed by atoms with Gasteiger partial charge >= 0.3 is 5.97 Å². The predicted octanol–water partition coefficient (Wildman–Crippen LogP) is 2.16. The maximum absolute atomic E-state index is 11.5. The number of ether oxygens (including phenoxy) is 1. The third kappa shape index (κ3) is 2.90.